The summed E-state index contributed by atoms with van der Waals surface area (Å²) >= 11 is 6.35. The van der Waals surface area contributed by atoms with Crippen LogP contribution in [0.2, 0.25) is 0 Å². The van der Waals surface area contributed by atoms with Crippen LogP contribution in [0.15, 0.2) is 39.2 Å². The molecule has 0 aliphatic heterocycles. The second-order valence-electron chi connectivity index (χ2n) is 4.01. The number of thioether (sulfide) groups is 2. The van der Waals surface area contributed by atoms with E-state index in [0.717, 1.165) is 10.6 Å². The first-order valence-electron chi connectivity index (χ1n) is 5.47. The summed E-state index contributed by atoms with van der Waals surface area (Å²) in [6.45, 7) is 2.04. The van der Waals surface area contributed by atoms with Gasteiger partial charge in [-0.2, -0.15) is 0 Å². The Kier molecular flexibility index (Phi) is 4.95. The maximum atomic E-state index is 12.4. The third kappa shape index (κ3) is 3.41. The molecule has 0 aromatic carbocycles. The summed E-state index contributed by atoms with van der Waals surface area (Å²) in [5.74, 6) is 0. The summed E-state index contributed by atoms with van der Waals surface area (Å²) < 4.78 is 0.728. The SMILES string of the molecule is CSC(C)(Cc1cccs1)C(=O)Sc1cccs1. The Morgan fingerprint density at radius 2 is 2.00 bits per heavy atom. The van der Waals surface area contributed by atoms with Gasteiger partial charge in [0.15, 0.2) is 0 Å². The summed E-state index contributed by atoms with van der Waals surface area (Å²) in [6, 6.07) is 8.12. The Balaban J connectivity index is 2.08. The Bertz CT molecular complexity index is 489. The molecular formula is C13H14OS4. The van der Waals surface area contributed by atoms with E-state index in [0.29, 0.717) is 0 Å². The predicted molar refractivity (Wildman–Crippen MR) is 85.1 cm³/mol. The van der Waals surface area contributed by atoms with E-state index in [4.69, 9.17) is 0 Å². The minimum atomic E-state index is -0.348. The molecule has 96 valence electrons. The summed E-state index contributed by atoms with van der Waals surface area (Å²) in [5.41, 5.74) is 0. The van der Waals surface area contributed by atoms with E-state index in [-0.39, 0.29) is 9.86 Å². The highest BCUT2D eigenvalue weighted by Gasteiger charge is 2.33. The van der Waals surface area contributed by atoms with Crippen LogP contribution in [0.3, 0.4) is 0 Å². The number of rotatable bonds is 5. The average Bonchev–Trinajstić information content (AvgIpc) is 3.02. The number of hydrogen-bond acceptors (Lipinski definition) is 5. The first-order valence-corrected chi connectivity index (χ1v) is 9.27. The van der Waals surface area contributed by atoms with Crippen LogP contribution in [0.5, 0.6) is 0 Å². The highest BCUT2D eigenvalue weighted by Crippen LogP contribution is 2.37. The van der Waals surface area contributed by atoms with Crippen molar-refractivity contribution >= 4 is 51.3 Å². The minimum absolute atomic E-state index is 0.242. The zero-order valence-electron chi connectivity index (χ0n) is 10.2. The van der Waals surface area contributed by atoms with Crippen LogP contribution >= 0.6 is 46.2 Å². The van der Waals surface area contributed by atoms with Gasteiger partial charge in [-0.3, -0.25) is 4.79 Å². The van der Waals surface area contributed by atoms with Crippen molar-refractivity contribution in [1.29, 1.82) is 0 Å². The van der Waals surface area contributed by atoms with Gasteiger partial charge >= 0.3 is 0 Å². The quantitative estimate of drug-likeness (QED) is 0.738. The molecule has 0 radical (unpaired) electrons. The van der Waals surface area contributed by atoms with Crippen molar-refractivity contribution in [3.63, 3.8) is 0 Å². The van der Waals surface area contributed by atoms with Gasteiger partial charge in [-0.15, -0.1) is 34.4 Å². The lowest BCUT2D eigenvalue weighted by molar-refractivity contribution is -0.112. The number of hydrogen-bond donors (Lipinski definition) is 0. The molecular weight excluding hydrogens is 300 g/mol. The Labute approximate surface area is 124 Å². The van der Waals surface area contributed by atoms with Gasteiger partial charge in [-0.05, 0) is 47.8 Å². The van der Waals surface area contributed by atoms with Crippen LogP contribution in [0, 0.1) is 0 Å². The summed E-state index contributed by atoms with van der Waals surface area (Å²) in [5, 5.41) is 4.31. The molecule has 1 unspecified atom stereocenters. The molecule has 0 saturated heterocycles. The first-order chi connectivity index (χ1) is 8.64. The maximum Gasteiger partial charge on any atom is 0.210 e. The van der Waals surface area contributed by atoms with E-state index in [1.807, 2.05) is 36.8 Å². The summed E-state index contributed by atoms with van der Waals surface area (Å²) in [6.07, 6.45) is 2.82. The zero-order valence-corrected chi connectivity index (χ0v) is 13.5. The fourth-order valence-corrected chi connectivity index (χ4v) is 4.94. The van der Waals surface area contributed by atoms with Gasteiger partial charge in [0.1, 0.15) is 0 Å². The first kappa shape index (κ1) is 14.2. The molecule has 1 atom stereocenters. The number of thiophene rings is 2. The third-order valence-electron chi connectivity index (χ3n) is 2.66. The molecule has 0 spiro atoms. The van der Waals surface area contributed by atoms with Gasteiger partial charge in [0, 0.05) is 11.3 Å². The van der Waals surface area contributed by atoms with Crippen molar-refractivity contribution in [1.82, 2.24) is 0 Å². The zero-order chi connectivity index (χ0) is 13.0. The molecule has 2 aromatic heterocycles. The van der Waals surface area contributed by atoms with Gasteiger partial charge in [-0.25, -0.2) is 0 Å². The van der Waals surface area contributed by atoms with Crippen LogP contribution < -0.4 is 0 Å². The second kappa shape index (κ2) is 6.28. The topological polar surface area (TPSA) is 17.1 Å². The van der Waals surface area contributed by atoms with Crippen LogP contribution in [0.4, 0.5) is 0 Å². The molecule has 0 fully saturated rings. The molecule has 0 bridgehead atoms. The maximum absolute atomic E-state index is 12.4. The molecule has 2 rings (SSSR count). The smallest absolute Gasteiger partial charge is 0.210 e. The molecule has 1 nitrogen and oxygen atoms in total. The van der Waals surface area contributed by atoms with Crippen LogP contribution in [0.1, 0.15) is 11.8 Å². The molecule has 2 aromatic rings. The normalized spacial score (nSPS) is 14.3. The lowest BCUT2D eigenvalue weighted by atomic mass is 10.1. The van der Waals surface area contributed by atoms with Crippen molar-refractivity contribution < 1.29 is 4.79 Å². The van der Waals surface area contributed by atoms with Crippen molar-refractivity contribution in [2.24, 2.45) is 0 Å². The standard InChI is InChI=1S/C13H14OS4/c1-13(15-2,9-10-5-3-7-16-10)12(14)18-11-6-4-8-17-11/h3-8H,9H2,1-2H3. The fraction of sp³-hybridized carbons (Fsp3) is 0.308. The minimum Gasteiger partial charge on any atom is -0.285 e. The van der Waals surface area contributed by atoms with E-state index >= 15 is 0 Å². The predicted octanol–water partition coefficient (Wildman–Crippen LogP) is 4.79. The van der Waals surface area contributed by atoms with Crippen LogP contribution in [-0.2, 0) is 11.2 Å². The molecule has 0 amide bonds. The van der Waals surface area contributed by atoms with Crippen LogP contribution in [-0.4, -0.2) is 16.1 Å². The molecule has 18 heavy (non-hydrogen) atoms. The van der Waals surface area contributed by atoms with E-state index < -0.39 is 0 Å². The molecule has 0 N–H and O–H groups in total. The number of carbonyl (C=O) groups is 1. The summed E-state index contributed by atoms with van der Waals surface area (Å²) in [7, 11) is 0. The van der Waals surface area contributed by atoms with E-state index in [2.05, 4.69) is 11.4 Å². The lowest BCUT2D eigenvalue weighted by Crippen LogP contribution is -2.31. The van der Waals surface area contributed by atoms with Gasteiger partial charge in [0.25, 0.3) is 0 Å². The lowest BCUT2D eigenvalue weighted by Gasteiger charge is -2.24. The molecule has 0 aliphatic carbocycles. The van der Waals surface area contributed by atoms with Gasteiger partial charge in [0.2, 0.25) is 5.12 Å². The number of carbonyl (C=O) groups excluding carboxylic acids is 1. The molecule has 0 saturated carbocycles. The van der Waals surface area contributed by atoms with Gasteiger partial charge in [-0.1, -0.05) is 12.1 Å². The molecule has 2 heterocycles. The van der Waals surface area contributed by atoms with Gasteiger partial charge in [0.05, 0.1) is 8.96 Å². The van der Waals surface area contributed by atoms with E-state index in [9.17, 15) is 4.79 Å². The van der Waals surface area contributed by atoms with E-state index in [1.165, 1.54) is 16.6 Å². The van der Waals surface area contributed by atoms with Crippen molar-refractivity contribution in [3.05, 3.63) is 39.9 Å². The van der Waals surface area contributed by atoms with Crippen molar-refractivity contribution in [2.45, 2.75) is 22.3 Å². The van der Waals surface area contributed by atoms with E-state index in [1.54, 1.807) is 34.4 Å². The molecule has 5 heteroatoms. The van der Waals surface area contributed by atoms with Crippen molar-refractivity contribution in [2.75, 3.05) is 6.26 Å². The third-order valence-corrected chi connectivity index (χ3v) is 7.07. The monoisotopic (exact) mass is 314 g/mol. The highest BCUT2D eigenvalue weighted by atomic mass is 32.2. The Morgan fingerprint density at radius 3 is 2.56 bits per heavy atom. The Morgan fingerprint density at radius 1 is 1.28 bits per heavy atom. The van der Waals surface area contributed by atoms with Crippen LogP contribution in [0.25, 0.3) is 0 Å². The average molecular weight is 315 g/mol. The largest absolute Gasteiger partial charge is 0.285 e. The molecule has 0 aliphatic rings. The summed E-state index contributed by atoms with van der Waals surface area (Å²) in [4.78, 5) is 13.7. The Hall–Kier alpha value is -0.230. The van der Waals surface area contributed by atoms with Crippen molar-refractivity contribution in [3.8, 4) is 0 Å². The highest BCUT2D eigenvalue weighted by molar-refractivity contribution is 8.17. The van der Waals surface area contributed by atoms with Gasteiger partial charge < -0.3 is 0 Å². The second-order valence-corrected chi connectivity index (χ2v) is 8.58. The fourth-order valence-electron chi connectivity index (χ4n) is 1.49.